The van der Waals surface area contributed by atoms with Gasteiger partial charge in [0.15, 0.2) is 0 Å². The predicted molar refractivity (Wildman–Crippen MR) is 85.2 cm³/mol. The lowest BCUT2D eigenvalue weighted by Gasteiger charge is -2.18. The van der Waals surface area contributed by atoms with Gasteiger partial charge >= 0.3 is 0 Å². The SMILES string of the molecule is Cc1ccc(NC(=O)CN2CC3CCC(N)C3C2)c(C)c1. The number of fused-ring (bicyclic) bond motifs is 1. The molecule has 1 aromatic carbocycles. The van der Waals surface area contributed by atoms with Crippen molar-refractivity contribution in [1.82, 2.24) is 4.90 Å². The van der Waals surface area contributed by atoms with E-state index in [1.807, 2.05) is 19.1 Å². The van der Waals surface area contributed by atoms with Gasteiger partial charge < -0.3 is 11.1 Å². The number of likely N-dealkylation sites (tertiary alicyclic amines) is 1. The number of aryl methyl sites for hydroxylation is 2. The minimum absolute atomic E-state index is 0.0792. The monoisotopic (exact) mass is 287 g/mol. The maximum Gasteiger partial charge on any atom is 0.238 e. The molecular weight excluding hydrogens is 262 g/mol. The zero-order chi connectivity index (χ0) is 15.0. The maximum absolute atomic E-state index is 12.2. The number of hydrogen-bond donors (Lipinski definition) is 2. The quantitative estimate of drug-likeness (QED) is 0.893. The highest BCUT2D eigenvalue weighted by atomic mass is 16.2. The molecule has 0 radical (unpaired) electrons. The molecule has 1 aliphatic carbocycles. The minimum atomic E-state index is 0.0792. The average molecular weight is 287 g/mol. The summed E-state index contributed by atoms with van der Waals surface area (Å²) in [5.41, 5.74) is 9.39. The topological polar surface area (TPSA) is 58.4 Å². The van der Waals surface area contributed by atoms with Gasteiger partial charge in [-0.1, -0.05) is 17.7 Å². The van der Waals surface area contributed by atoms with Gasteiger partial charge in [-0.15, -0.1) is 0 Å². The molecule has 1 aliphatic heterocycles. The predicted octanol–water partition coefficient (Wildman–Crippen LogP) is 1.91. The number of carbonyl (C=O) groups is 1. The van der Waals surface area contributed by atoms with Crippen molar-refractivity contribution in [3.8, 4) is 0 Å². The summed E-state index contributed by atoms with van der Waals surface area (Å²) in [7, 11) is 0. The van der Waals surface area contributed by atoms with E-state index in [9.17, 15) is 4.79 Å². The van der Waals surface area contributed by atoms with E-state index in [0.29, 0.717) is 24.4 Å². The molecule has 3 unspecified atom stereocenters. The lowest BCUT2D eigenvalue weighted by molar-refractivity contribution is -0.117. The van der Waals surface area contributed by atoms with Crippen molar-refractivity contribution >= 4 is 11.6 Å². The molecule has 1 aromatic rings. The molecule has 4 heteroatoms. The number of rotatable bonds is 3. The molecule has 21 heavy (non-hydrogen) atoms. The number of nitrogens with two attached hydrogens (primary N) is 1. The Balaban J connectivity index is 1.55. The van der Waals surface area contributed by atoms with Crippen LogP contribution in [0.2, 0.25) is 0 Å². The molecule has 2 aliphatic rings. The number of anilines is 1. The molecule has 4 nitrogen and oxygen atoms in total. The molecule has 1 saturated heterocycles. The van der Waals surface area contributed by atoms with Gasteiger partial charge in [0.1, 0.15) is 0 Å². The highest BCUT2D eigenvalue weighted by Gasteiger charge is 2.41. The normalized spacial score (nSPS) is 28.6. The zero-order valence-electron chi connectivity index (χ0n) is 12.9. The van der Waals surface area contributed by atoms with Crippen LogP contribution in [0.15, 0.2) is 18.2 Å². The summed E-state index contributed by atoms with van der Waals surface area (Å²) in [5.74, 6) is 1.38. The van der Waals surface area contributed by atoms with E-state index in [2.05, 4.69) is 23.2 Å². The van der Waals surface area contributed by atoms with Gasteiger partial charge in [-0.2, -0.15) is 0 Å². The van der Waals surface area contributed by atoms with Crippen LogP contribution < -0.4 is 11.1 Å². The van der Waals surface area contributed by atoms with Crippen molar-refractivity contribution < 1.29 is 4.79 Å². The Labute approximate surface area is 126 Å². The Hall–Kier alpha value is -1.39. The summed E-state index contributed by atoms with van der Waals surface area (Å²) in [6.07, 6.45) is 2.37. The van der Waals surface area contributed by atoms with Crippen molar-refractivity contribution in [2.45, 2.75) is 32.7 Å². The number of carbonyl (C=O) groups excluding carboxylic acids is 1. The Morgan fingerprint density at radius 3 is 2.86 bits per heavy atom. The molecule has 1 heterocycles. The largest absolute Gasteiger partial charge is 0.327 e. The van der Waals surface area contributed by atoms with Gasteiger partial charge in [-0.25, -0.2) is 0 Å². The van der Waals surface area contributed by atoms with Gasteiger partial charge in [0.25, 0.3) is 0 Å². The van der Waals surface area contributed by atoms with E-state index in [-0.39, 0.29) is 5.91 Å². The van der Waals surface area contributed by atoms with Crippen molar-refractivity contribution in [1.29, 1.82) is 0 Å². The van der Waals surface area contributed by atoms with Crippen molar-refractivity contribution in [3.05, 3.63) is 29.3 Å². The molecule has 0 aromatic heterocycles. The number of hydrogen-bond acceptors (Lipinski definition) is 3. The number of amides is 1. The molecule has 3 atom stereocenters. The minimum Gasteiger partial charge on any atom is -0.327 e. The molecule has 3 N–H and O–H groups in total. The second-order valence-electron chi connectivity index (χ2n) is 6.73. The molecular formula is C17H25N3O. The van der Waals surface area contributed by atoms with Crippen molar-refractivity contribution in [2.75, 3.05) is 25.0 Å². The van der Waals surface area contributed by atoms with Crippen LogP contribution in [0, 0.1) is 25.7 Å². The maximum atomic E-state index is 12.2. The van der Waals surface area contributed by atoms with Crippen molar-refractivity contribution in [2.24, 2.45) is 17.6 Å². The fraction of sp³-hybridized carbons (Fsp3) is 0.588. The third-order valence-corrected chi connectivity index (χ3v) is 5.01. The lowest BCUT2D eigenvalue weighted by Crippen LogP contribution is -2.34. The van der Waals surface area contributed by atoms with Gasteiger partial charge in [-0.3, -0.25) is 9.69 Å². The van der Waals surface area contributed by atoms with Crippen LogP contribution in [0.3, 0.4) is 0 Å². The van der Waals surface area contributed by atoms with Crippen LogP contribution in [-0.2, 0) is 4.79 Å². The fourth-order valence-corrected chi connectivity index (χ4v) is 3.88. The molecule has 114 valence electrons. The summed E-state index contributed by atoms with van der Waals surface area (Å²) in [6, 6.07) is 6.44. The standard InChI is InChI=1S/C17H25N3O/c1-11-3-6-16(12(2)7-11)19-17(21)10-20-8-13-4-5-15(18)14(13)9-20/h3,6-7,13-15H,4-5,8-10,18H2,1-2H3,(H,19,21). The summed E-state index contributed by atoms with van der Waals surface area (Å²) in [6.45, 7) is 6.57. The number of nitrogens with zero attached hydrogens (tertiary/aromatic N) is 1. The summed E-state index contributed by atoms with van der Waals surface area (Å²) in [5, 5.41) is 3.03. The molecule has 2 fully saturated rings. The third kappa shape index (κ3) is 3.11. The van der Waals surface area contributed by atoms with Gasteiger partial charge in [0, 0.05) is 24.8 Å². The highest BCUT2D eigenvalue weighted by molar-refractivity contribution is 5.93. The van der Waals surface area contributed by atoms with Crippen LogP contribution in [0.5, 0.6) is 0 Å². The first kappa shape index (κ1) is 14.5. The molecule has 0 spiro atoms. The second kappa shape index (κ2) is 5.78. The third-order valence-electron chi connectivity index (χ3n) is 5.01. The number of nitrogens with one attached hydrogen (secondary N) is 1. The molecule has 1 saturated carbocycles. The smallest absolute Gasteiger partial charge is 0.238 e. The van der Waals surface area contributed by atoms with E-state index >= 15 is 0 Å². The van der Waals surface area contributed by atoms with E-state index in [0.717, 1.165) is 30.8 Å². The van der Waals surface area contributed by atoms with E-state index in [1.54, 1.807) is 0 Å². The van der Waals surface area contributed by atoms with Crippen LogP contribution >= 0.6 is 0 Å². The van der Waals surface area contributed by atoms with Gasteiger partial charge in [0.05, 0.1) is 6.54 Å². The summed E-state index contributed by atoms with van der Waals surface area (Å²) >= 11 is 0. The van der Waals surface area contributed by atoms with Crippen LogP contribution in [-0.4, -0.2) is 36.5 Å². The van der Waals surface area contributed by atoms with E-state index in [1.165, 1.54) is 12.0 Å². The van der Waals surface area contributed by atoms with Gasteiger partial charge in [-0.05, 0) is 50.2 Å². The molecule has 1 amide bonds. The van der Waals surface area contributed by atoms with Crippen LogP contribution in [0.4, 0.5) is 5.69 Å². The Morgan fingerprint density at radius 1 is 1.33 bits per heavy atom. The lowest BCUT2D eigenvalue weighted by atomic mass is 9.98. The van der Waals surface area contributed by atoms with Crippen LogP contribution in [0.25, 0.3) is 0 Å². The van der Waals surface area contributed by atoms with E-state index < -0.39 is 0 Å². The van der Waals surface area contributed by atoms with E-state index in [4.69, 9.17) is 5.73 Å². The highest BCUT2D eigenvalue weighted by Crippen LogP contribution is 2.36. The first-order valence-electron chi connectivity index (χ1n) is 7.88. The first-order valence-corrected chi connectivity index (χ1v) is 7.88. The zero-order valence-corrected chi connectivity index (χ0v) is 12.9. The summed E-state index contributed by atoms with van der Waals surface area (Å²) in [4.78, 5) is 14.5. The van der Waals surface area contributed by atoms with Crippen LogP contribution in [0.1, 0.15) is 24.0 Å². The first-order chi connectivity index (χ1) is 10.0. The fourth-order valence-electron chi connectivity index (χ4n) is 3.88. The Bertz CT molecular complexity index is 543. The van der Waals surface area contributed by atoms with Crippen molar-refractivity contribution in [3.63, 3.8) is 0 Å². The molecule has 0 bridgehead atoms. The number of benzene rings is 1. The second-order valence-corrected chi connectivity index (χ2v) is 6.73. The molecule has 3 rings (SSSR count). The summed E-state index contributed by atoms with van der Waals surface area (Å²) < 4.78 is 0. The Kier molecular flexibility index (Phi) is 4.00. The Morgan fingerprint density at radius 2 is 2.14 bits per heavy atom. The average Bonchev–Trinajstić information content (AvgIpc) is 2.95. The van der Waals surface area contributed by atoms with Gasteiger partial charge in [0.2, 0.25) is 5.91 Å².